The molecule has 6 nitrogen and oxygen atoms in total. The Balaban J connectivity index is 1.45. The summed E-state index contributed by atoms with van der Waals surface area (Å²) in [7, 11) is 0. The molecule has 174 valence electrons. The molecule has 0 spiro atoms. The molecule has 2 aromatic rings. The summed E-state index contributed by atoms with van der Waals surface area (Å²) >= 11 is 0. The molecule has 1 aliphatic rings. The van der Waals surface area contributed by atoms with Crippen LogP contribution in [-0.4, -0.2) is 49.2 Å². The number of nitrogen functional groups attached to an aromatic ring is 1. The van der Waals surface area contributed by atoms with Gasteiger partial charge in [0.05, 0.1) is 0 Å². The lowest BCUT2D eigenvalue weighted by molar-refractivity contribution is -0.128. The highest BCUT2D eigenvalue weighted by Crippen LogP contribution is 2.34. The highest BCUT2D eigenvalue weighted by Gasteiger charge is 2.25. The van der Waals surface area contributed by atoms with E-state index in [9.17, 15) is 4.79 Å². The van der Waals surface area contributed by atoms with Gasteiger partial charge >= 0.3 is 0 Å². The third-order valence-corrected chi connectivity index (χ3v) is 6.63. The molecule has 0 bridgehead atoms. The van der Waals surface area contributed by atoms with Gasteiger partial charge in [-0.1, -0.05) is 18.2 Å². The standard InChI is InChI=1S/C26H37N3O3/c1-17-19(3)25(20(4)18(2)24(17)27)32-21(5)26(30)28-22-11-13-29(14-12-22)15-16-31-23-9-7-6-8-10-23/h6-10,21-22H,11-16,27H2,1-5H3,(H,28,30). The molecule has 1 amide bonds. The number of carbonyl (C=O) groups excluding carboxylic acids is 1. The van der Waals surface area contributed by atoms with Gasteiger partial charge in [0.25, 0.3) is 5.91 Å². The molecule has 3 N–H and O–H groups in total. The SMILES string of the molecule is Cc1c(C)c(OC(C)C(=O)NC2CCN(CCOc3ccccc3)CC2)c(C)c(C)c1N. The number of benzene rings is 2. The monoisotopic (exact) mass is 439 g/mol. The maximum atomic E-state index is 12.8. The average Bonchev–Trinajstić information content (AvgIpc) is 2.81. The average molecular weight is 440 g/mol. The Morgan fingerprint density at radius 2 is 1.66 bits per heavy atom. The van der Waals surface area contributed by atoms with E-state index in [1.165, 1.54) is 0 Å². The van der Waals surface area contributed by atoms with Crippen molar-refractivity contribution in [2.45, 2.75) is 59.6 Å². The second-order valence-electron chi connectivity index (χ2n) is 8.79. The third kappa shape index (κ3) is 5.74. The number of hydrogen-bond acceptors (Lipinski definition) is 5. The Labute approximate surface area is 192 Å². The Morgan fingerprint density at radius 3 is 2.25 bits per heavy atom. The van der Waals surface area contributed by atoms with E-state index in [0.717, 1.165) is 71.9 Å². The zero-order valence-electron chi connectivity index (χ0n) is 20.0. The lowest BCUT2D eigenvalue weighted by Crippen LogP contribution is -2.48. The summed E-state index contributed by atoms with van der Waals surface area (Å²) in [5.41, 5.74) is 11.0. The summed E-state index contributed by atoms with van der Waals surface area (Å²) in [6.45, 7) is 13.3. The smallest absolute Gasteiger partial charge is 0.260 e. The zero-order valence-corrected chi connectivity index (χ0v) is 20.0. The highest BCUT2D eigenvalue weighted by molar-refractivity contribution is 5.81. The number of nitrogens with two attached hydrogens (primary N) is 1. The summed E-state index contributed by atoms with van der Waals surface area (Å²) in [5.74, 6) is 1.60. The molecule has 1 aliphatic heterocycles. The van der Waals surface area contributed by atoms with Crippen molar-refractivity contribution in [2.24, 2.45) is 0 Å². The minimum atomic E-state index is -0.563. The fourth-order valence-corrected chi connectivity index (χ4v) is 4.14. The number of nitrogens with one attached hydrogen (secondary N) is 1. The summed E-state index contributed by atoms with van der Waals surface area (Å²) in [6.07, 6.45) is 1.30. The highest BCUT2D eigenvalue weighted by atomic mass is 16.5. The van der Waals surface area contributed by atoms with Crippen molar-refractivity contribution in [3.05, 3.63) is 52.6 Å². The van der Waals surface area contributed by atoms with Crippen LogP contribution in [0.5, 0.6) is 11.5 Å². The van der Waals surface area contributed by atoms with Gasteiger partial charge in [-0.2, -0.15) is 0 Å². The second-order valence-corrected chi connectivity index (χ2v) is 8.79. The van der Waals surface area contributed by atoms with E-state index in [4.69, 9.17) is 15.2 Å². The first-order valence-electron chi connectivity index (χ1n) is 11.5. The van der Waals surface area contributed by atoms with Crippen LogP contribution in [0.3, 0.4) is 0 Å². The topological polar surface area (TPSA) is 76.8 Å². The molecule has 2 aromatic carbocycles. The molecule has 1 atom stereocenters. The van der Waals surface area contributed by atoms with Crippen molar-refractivity contribution < 1.29 is 14.3 Å². The van der Waals surface area contributed by atoms with Gasteiger partial charge in [-0.05, 0) is 81.8 Å². The van der Waals surface area contributed by atoms with Crippen LogP contribution in [0.2, 0.25) is 0 Å². The summed E-state index contributed by atoms with van der Waals surface area (Å²) < 4.78 is 11.9. The van der Waals surface area contributed by atoms with Crippen LogP contribution < -0.4 is 20.5 Å². The Morgan fingerprint density at radius 1 is 1.06 bits per heavy atom. The second kappa shape index (κ2) is 10.7. The Hall–Kier alpha value is -2.73. The fourth-order valence-electron chi connectivity index (χ4n) is 4.14. The number of ether oxygens (including phenoxy) is 2. The third-order valence-electron chi connectivity index (χ3n) is 6.63. The maximum absolute atomic E-state index is 12.8. The van der Waals surface area contributed by atoms with E-state index in [2.05, 4.69) is 10.2 Å². The van der Waals surface area contributed by atoms with E-state index in [1.807, 2.05) is 65.0 Å². The minimum absolute atomic E-state index is 0.0678. The van der Waals surface area contributed by atoms with Crippen molar-refractivity contribution in [3.63, 3.8) is 0 Å². The van der Waals surface area contributed by atoms with Crippen molar-refractivity contribution in [3.8, 4) is 11.5 Å². The maximum Gasteiger partial charge on any atom is 0.260 e. The van der Waals surface area contributed by atoms with Crippen LogP contribution >= 0.6 is 0 Å². The summed E-state index contributed by atoms with van der Waals surface area (Å²) in [5, 5.41) is 3.17. The van der Waals surface area contributed by atoms with Crippen LogP contribution in [0, 0.1) is 27.7 Å². The number of anilines is 1. The number of nitrogens with zero attached hydrogens (tertiary/aromatic N) is 1. The molecule has 3 rings (SSSR count). The zero-order chi connectivity index (χ0) is 23.3. The predicted octanol–water partition coefficient (Wildman–Crippen LogP) is 3.93. The van der Waals surface area contributed by atoms with E-state index in [-0.39, 0.29) is 11.9 Å². The van der Waals surface area contributed by atoms with Gasteiger partial charge in [0, 0.05) is 31.4 Å². The molecular weight excluding hydrogens is 402 g/mol. The van der Waals surface area contributed by atoms with Crippen LogP contribution in [0.25, 0.3) is 0 Å². The fraction of sp³-hybridized carbons (Fsp3) is 0.500. The predicted molar refractivity (Wildman–Crippen MR) is 129 cm³/mol. The minimum Gasteiger partial charge on any atom is -0.492 e. The number of para-hydroxylation sites is 1. The summed E-state index contributed by atoms with van der Waals surface area (Å²) in [4.78, 5) is 15.2. The van der Waals surface area contributed by atoms with Crippen LogP contribution in [0.15, 0.2) is 30.3 Å². The van der Waals surface area contributed by atoms with Gasteiger partial charge < -0.3 is 20.5 Å². The molecule has 0 saturated carbocycles. The van der Waals surface area contributed by atoms with E-state index >= 15 is 0 Å². The van der Waals surface area contributed by atoms with Crippen LogP contribution in [-0.2, 0) is 4.79 Å². The van der Waals surface area contributed by atoms with Gasteiger partial charge in [-0.3, -0.25) is 9.69 Å². The van der Waals surface area contributed by atoms with E-state index in [1.54, 1.807) is 0 Å². The molecule has 0 aliphatic carbocycles. The number of rotatable bonds is 8. The van der Waals surface area contributed by atoms with Crippen molar-refractivity contribution in [2.75, 3.05) is 32.0 Å². The molecule has 1 heterocycles. The van der Waals surface area contributed by atoms with Gasteiger partial charge in [0.2, 0.25) is 0 Å². The van der Waals surface area contributed by atoms with Gasteiger partial charge in [-0.25, -0.2) is 0 Å². The molecular formula is C26H37N3O3. The van der Waals surface area contributed by atoms with Crippen LogP contribution in [0.1, 0.15) is 42.0 Å². The quantitative estimate of drug-likeness (QED) is 0.610. The lowest BCUT2D eigenvalue weighted by atomic mass is 9.97. The number of likely N-dealkylation sites (tertiary alicyclic amines) is 1. The first-order chi connectivity index (χ1) is 15.3. The van der Waals surface area contributed by atoms with Crippen molar-refractivity contribution >= 4 is 11.6 Å². The molecule has 0 radical (unpaired) electrons. The van der Waals surface area contributed by atoms with Gasteiger partial charge in [-0.15, -0.1) is 0 Å². The first-order valence-corrected chi connectivity index (χ1v) is 11.5. The Kier molecular flexibility index (Phi) is 8.02. The van der Waals surface area contributed by atoms with Crippen molar-refractivity contribution in [1.82, 2.24) is 10.2 Å². The molecule has 32 heavy (non-hydrogen) atoms. The van der Waals surface area contributed by atoms with Crippen molar-refractivity contribution in [1.29, 1.82) is 0 Å². The summed E-state index contributed by atoms with van der Waals surface area (Å²) in [6, 6.07) is 10.1. The normalized spacial score (nSPS) is 15.9. The van der Waals surface area contributed by atoms with E-state index in [0.29, 0.717) is 6.61 Å². The molecule has 1 saturated heterocycles. The lowest BCUT2D eigenvalue weighted by Gasteiger charge is -2.32. The van der Waals surface area contributed by atoms with Gasteiger partial charge in [0.1, 0.15) is 18.1 Å². The van der Waals surface area contributed by atoms with Gasteiger partial charge in [0.15, 0.2) is 6.10 Å². The number of hydrogen-bond donors (Lipinski definition) is 2. The molecule has 6 heteroatoms. The number of amides is 1. The van der Waals surface area contributed by atoms with Crippen LogP contribution in [0.4, 0.5) is 5.69 Å². The van der Waals surface area contributed by atoms with E-state index < -0.39 is 6.10 Å². The first kappa shape index (κ1) is 23.9. The number of carbonyl (C=O) groups is 1. The molecule has 1 fully saturated rings. The number of piperidine rings is 1. The molecule has 1 unspecified atom stereocenters. The largest absolute Gasteiger partial charge is 0.492 e. The molecule has 0 aromatic heterocycles. The Bertz CT molecular complexity index is 893.